The Morgan fingerprint density at radius 2 is 1.79 bits per heavy atom. The molecule has 0 heterocycles. The molecule has 0 amide bonds. The first-order chi connectivity index (χ1) is 15.8. The molecule has 7 atom stereocenters. The summed E-state index contributed by atoms with van der Waals surface area (Å²) in [6.45, 7) is 4.83. The molecular formula is C25H34N4O4. The van der Waals surface area contributed by atoms with Crippen LogP contribution in [0.2, 0.25) is 0 Å². The van der Waals surface area contributed by atoms with E-state index in [1.165, 1.54) is 63.5 Å². The Balaban J connectivity index is 1.36. The molecule has 5 rings (SSSR count). The Hall–Kier alpha value is -2.51. The van der Waals surface area contributed by atoms with Gasteiger partial charge in [-0.15, -0.1) is 0 Å². The van der Waals surface area contributed by atoms with E-state index in [9.17, 15) is 20.2 Å². The molecule has 8 heteroatoms. The molecule has 1 aromatic rings. The molecule has 1 aromatic carbocycles. The van der Waals surface area contributed by atoms with Gasteiger partial charge in [0.1, 0.15) is 5.69 Å². The molecule has 1 N–H and O–H groups in total. The number of nitrogens with zero attached hydrogens (tertiary/aromatic N) is 3. The summed E-state index contributed by atoms with van der Waals surface area (Å²) in [4.78, 5) is 21.2. The fourth-order valence-corrected chi connectivity index (χ4v) is 8.19. The number of rotatable bonds is 4. The Morgan fingerprint density at radius 1 is 1.00 bits per heavy atom. The maximum absolute atomic E-state index is 11.5. The van der Waals surface area contributed by atoms with Gasteiger partial charge in [0, 0.05) is 11.8 Å². The fourth-order valence-electron chi connectivity index (χ4n) is 8.19. The highest BCUT2D eigenvalue weighted by molar-refractivity contribution is 5.90. The molecule has 4 fully saturated rings. The third-order valence-electron chi connectivity index (χ3n) is 9.90. The highest BCUT2D eigenvalue weighted by atomic mass is 16.6. The van der Waals surface area contributed by atoms with E-state index in [1.54, 1.807) is 0 Å². The third-order valence-corrected chi connectivity index (χ3v) is 9.90. The van der Waals surface area contributed by atoms with Crippen LogP contribution in [0.3, 0.4) is 0 Å². The maximum Gasteiger partial charge on any atom is 0.301 e. The zero-order chi connectivity index (χ0) is 23.3. The Labute approximate surface area is 194 Å². The van der Waals surface area contributed by atoms with Crippen LogP contribution >= 0.6 is 0 Å². The topological polar surface area (TPSA) is 111 Å². The lowest BCUT2D eigenvalue weighted by Gasteiger charge is -2.58. The number of hydrogen-bond acceptors (Lipinski definition) is 6. The standard InChI is InChI=1S/C25H34N4O4/c1-15-18-9-10-21-19(8-6-16-5-3-4-12-25(16,21)2)20(18)14-23(15)27-26-22-11-7-17(28(30)31)13-24(22)29(32)33/h7,11,13,15-16,18-21,26H,3-6,8-10,12,14H2,1-2H3/b27-23-/t15-,16+,18-,19-,20+,21-,25-/m0/s1. The van der Waals surface area contributed by atoms with Crippen molar-refractivity contribution in [1.82, 2.24) is 0 Å². The van der Waals surface area contributed by atoms with Gasteiger partial charge in [-0.25, -0.2) is 0 Å². The molecule has 0 bridgehead atoms. The molecule has 0 saturated heterocycles. The van der Waals surface area contributed by atoms with Crippen molar-refractivity contribution >= 4 is 22.8 Å². The Bertz CT molecular complexity index is 995. The second-order valence-corrected chi connectivity index (χ2v) is 11.1. The molecule has 33 heavy (non-hydrogen) atoms. The molecule has 8 nitrogen and oxygen atoms in total. The molecular weight excluding hydrogens is 420 g/mol. The zero-order valence-corrected chi connectivity index (χ0v) is 19.5. The van der Waals surface area contributed by atoms with Crippen molar-refractivity contribution in [2.75, 3.05) is 5.43 Å². The zero-order valence-electron chi connectivity index (χ0n) is 19.5. The molecule has 0 aromatic heterocycles. The average Bonchev–Trinajstić information content (AvgIpc) is 3.12. The van der Waals surface area contributed by atoms with E-state index in [2.05, 4.69) is 24.4 Å². The summed E-state index contributed by atoms with van der Waals surface area (Å²) >= 11 is 0. The van der Waals surface area contributed by atoms with E-state index >= 15 is 0 Å². The number of non-ortho nitro benzene ring substituents is 1. The van der Waals surface area contributed by atoms with Crippen molar-refractivity contribution < 1.29 is 9.85 Å². The predicted molar refractivity (Wildman–Crippen MR) is 127 cm³/mol. The second-order valence-electron chi connectivity index (χ2n) is 11.1. The van der Waals surface area contributed by atoms with Crippen molar-refractivity contribution in [3.8, 4) is 0 Å². The lowest BCUT2D eigenvalue weighted by atomic mass is 9.47. The number of fused-ring (bicyclic) bond motifs is 5. The number of nitrogens with one attached hydrogen (secondary N) is 1. The lowest BCUT2D eigenvalue weighted by Crippen LogP contribution is -2.50. The minimum absolute atomic E-state index is 0.202. The van der Waals surface area contributed by atoms with Gasteiger partial charge in [-0.1, -0.05) is 26.7 Å². The van der Waals surface area contributed by atoms with Crippen LogP contribution in [0.4, 0.5) is 17.1 Å². The summed E-state index contributed by atoms with van der Waals surface area (Å²) in [6.07, 6.45) is 11.8. The molecule has 4 saturated carbocycles. The quantitative estimate of drug-likeness (QED) is 0.409. The predicted octanol–water partition coefficient (Wildman–Crippen LogP) is 6.56. The summed E-state index contributed by atoms with van der Waals surface area (Å²) in [7, 11) is 0. The number of nitro groups is 2. The summed E-state index contributed by atoms with van der Waals surface area (Å²) in [5.74, 6) is 4.16. The first-order valence-electron chi connectivity index (χ1n) is 12.5. The Kier molecular flexibility index (Phi) is 5.65. The van der Waals surface area contributed by atoms with Gasteiger partial charge in [-0.2, -0.15) is 5.10 Å². The first kappa shape index (κ1) is 22.3. The van der Waals surface area contributed by atoms with Crippen molar-refractivity contribution in [3.05, 3.63) is 38.4 Å². The molecule has 0 aliphatic heterocycles. The van der Waals surface area contributed by atoms with E-state index in [-0.39, 0.29) is 17.1 Å². The van der Waals surface area contributed by atoms with E-state index in [0.717, 1.165) is 36.0 Å². The SMILES string of the molecule is C[C@@H]1/C(=N\Nc2ccc([N+](=O)[O-])cc2[N+](=O)[O-])C[C@@H]2[C@H]1CC[C@H]1[C@H]2CC[C@H]2CCCC[C@@]21C. The molecule has 0 spiro atoms. The summed E-state index contributed by atoms with van der Waals surface area (Å²) < 4.78 is 0. The van der Waals surface area contributed by atoms with Gasteiger partial charge >= 0.3 is 5.69 Å². The van der Waals surface area contributed by atoms with Crippen molar-refractivity contribution in [2.45, 2.75) is 71.6 Å². The largest absolute Gasteiger partial charge is 0.301 e. The van der Waals surface area contributed by atoms with Crippen LogP contribution < -0.4 is 5.43 Å². The van der Waals surface area contributed by atoms with Crippen LogP contribution in [0.15, 0.2) is 23.3 Å². The lowest BCUT2D eigenvalue weighted by molar-refractivity contribution is -0.393. The maximum atomic E-state index is 11.5. The van der Waals surface area contributed by atoms with Crippen LogP contribution in [0, 0.1) is 61.2 Å². The fraction of sp³-hybridized carbons (Fsp3) is 0.720. The van der Waals surface area contributed by atoms with E-state index in [0.29, 0.717) is 23.2 Å². The van der Waals surface area contributed by atoms with Crippen LogP contribution in [-0.2, 0) is 0 Å². The van der Waals surface area contributed by atoms with Gasteiger partial charge in [-0.05, 0) is 91.9 Å². The van der Waals surface area contributed by atoms with Crippen LogP contribution in [0.25, 0.3) is 0 Å². The minimum Gasteiger partial charge on any atom is -0.272 e. The van der Waals surface area contributed by atoms with Crippen LogP contribution in [0.1, 0.15) is 71.6 Å². The normalized spacial score (nSPS) is 38.8. The van der Waals surface area contributed by atoms with Crippen molar-refractivity contribution in [2.24, 2.45) is 46.0 Å². The monoisotopic (exact) mass is 454 g/mol. The first-order valence-corrected chi connectivity index (χ1v) is 12.5. The Morgan fingerprint density at radius 3 is 2.55 bits per heavy atom. The van der Waals surface area contributed by atoms with Crippen molar-refractivity contribution in [3.63, 3.8) is 0 Å². The average molecular weight is 455 g/mol. The highest BCUT2D eigenvalue weighted by Crippen LogP contribution is 2.63. The number of benzene rings is 1. The molecule has 4 aliphatic carbocycles. The van der Waals surface area contributed by atoms with Crippen molar-refractivity contribution in [1.29, 1.82) is 0 Å². The molecule has 4 aliphatic rings. The highest BCUT2D eigenvalue weighted by Gasteiger charge is 2.56. The van der Waals surface area contributed by atoms with Gasteiger partial charge in [0.25, 0.3) is 5.69 Å². The van der Waals surface area contributed by atoms with Crippen LogP contribution in [0.5, 0.6) is 0 Å². The van der Waals surface area contributed by atoms with Gasteiger partial charge in [-0.3, -0.25) is 25.7 Å². The van der Waals surface area contributed by atoms with Crippen LogP contribution in [-0.4, -0.2) is 15.6 Å². The minimum atomic E-state index is -0.621. The molecule has 0 unspecified atom stereocenters. The van der Waals surface area contributed by atoms with E-state index < -0.39 is 9.85 Å². The summed E-state index contributed by atoms with van der Waals surface area (Å²) in [6, 6.07) is 3.66. The number of hydrogen-bond donors (Lipinski definition) is 1. The third kappa shape index (κ3) is 3.71. The smallest absolute Gasteiger partial charge is 0.272 e. The van der Waals surface area contributed by atoms with E-state index in [1.807, 2.05) is 0 Å². The molecule has 0 radical (unpaired) electrons. The summed E-state index contributed by atoms with van der Waals surface area (Å²) in [5.41, 5.74) is 4.08. The molecule has 178 valence electrons. The number of hydrazone groups is 1. The van der Waals surface area contributed by atoms with Gasteiger partial charge in [0.2, 0.25) is 0 Å². The number of nitro benzene ring substituents is 2. The summed E-state index contributed by atoms with van der Waals surface area (Å²) in [5, 5.41) is 27.1. The number of anilines is 1. The van der Waals surface area contributed by atoms with Gasteiger partial charge in [0.15, 0.2) is 0 Å². The second kappa shape index (κ2) is 8.37. The van der Waals surface area contributed by atoms with Gasteiger partial charge in [0.05, 0.1) is 15.9 Å². The van der Waals surface area contributed by atoms with E-state index in [4.69, 9.17) is 0 Å². The van der Waals surface area contributed by atoms with Gasteiger partial charge < -0.3 is 0 Å².